The van der Waals surface area contributed by atoms with E-state index >= 15 is 0 Å². The molecule has 0 atom stereocenters. The molecule has 1 amide bonds. The van der Waals surface area contributed by atoms with Crippen LogP contribution in [0.3, 0.4) is 0 Å². The topological polar surface area (TPSA) is 92.3 Å². The average Bonchev–Trinajstić information content (AvgIpc) is 3.03. The summed E-state index contributed by atoms with van der Waals surface area (Å²) in [6.45, 7) is 8.09. The second-order valence-corrected chi connectivity index (χ2v) is 8.74. The number of rotatable bonds is 8. The summed E-state index contributed by atoms with van der Waals surface area (Å²) >= 11 is 1.32. The molecule has 0 saturated heterocycles. The van der Waals surface area contributed by atoms with Gasteiger partial charge in [0.05, 0.1) is 4.90 Å². The van der Waals surface area contributed by atoms with Crippen molar-refractivity contribution in [3.8, 4) is 0 Å². The van der Waals surface area contributed by atoms with E-state index in [1.807, 2.05) is 6.92 Å². The minimum absolute atomic E-state index is 0.151. The monoisotopic (exact) mass is 396 g/mol. The van der Waals surface area contributed by atoms with E-state index in [-0.39, 0.29) is 10.5 Å². The largest absolute Gasteiger partial charge is 0.296 e. The van der Waals surface area contributed by atoms with Crippen molar-refractivity contribution >= 4 is 32.4 Å². The zero-order valence-corrected chi connectivity index (χ0v) is 17.1. The number of aryl methyl sites for hydroxylation is 2. The molecule has 0 bridgehead atoms. The minimum Gasteiger partial charge on any atom is -0.296 e. The summed E-state index contributed by atoms with van der Waals surface area (Å²) in [5.41, 5.74) is 0.878. The summed E-state index contributed by atoms with van der Waals surface area (Å²) in [7, 11) is -3.64. The van der Waals surface area contributed by atoms with Crippen LogP contribution in [-0.2, 0) is 16.4 Å². The number of carbonyl (C=O) groups excluding carboxylic acids is 1. The van der Waals surface area contributed by atoms with Gasteiger partial charge in [0, 0.05) is 25.1 Å². The molecule has 0 aliphatic carbocycles. The van der Waals surface area contributed by atoms with Gasteiger partial charge in [0.2, 0.25) is 15.2 Å². The smallest absolute Gasteiger partial charge is 0.257 e. The SMILES string of the molecule is CCCc1nnc(NC(=O)c2ccc(C)c(S(=O)(=O)N(CC)CC)c2)s1. The fourth-order valence-electron chi connectivity index (χ4n) is 2.51. The Morgan fingerprint density at radius 3 is 2.50 bits per heavy atom. The van der Waals surface area contributed by atoms with Crippen molar-refractivity contribution in [1.82, 2.24) is 14.5 Å². The molecule has 142 valence electrons. The summed E-state index contributed by atoms with van der Waals surface area (Å²) in [6.07, 6.45) is 1.76. The van der Waals surface area contributed by atoms with E-state index in [9.17, 15) is 13.2 Å². The molecule has 1 aromatic carbocycles. The molecule has 26 heavy (non-hydrogen) atoms. The molecule has 0 spiro atoms. The lowest BCUT2D eigenvalue weighted by Crippen LogP contribution is -2.31. The van der Waals surface area contributed by atoms with Gasteiger partial charge in [0.25, 0.3) is 5.91 Å². The molecule has 1 heterocycles. The molecule has 0 aliphatic heterocycles. The third-order valence-corrected chi connectivity index (χ3v) is 7.02. The lowest BCUT2D eigenvalue weighted by Gasteiger charge is -2.20. The van der Waals surface area contributed by atoms with Gasteiger partial charge in [-0.15, -0.1) is 10.2 Å². The molecule has 0 aliphatic rings. The molecule has 0 saturated carbocycles. The first-order valence-electron chi connectivity index (χ1n) is 8.57. The van der Waals surface area contributed by atoms with Crippen LogP contribution in [0.2, 0.25) is 0 Å². The first-order valence-corrected chi connectivity index (χ1v) is 10.8. The maximum absolute atomic E-state index is 12.8. The second-order valence-electron chi connectivity index (χ2n) is 5.77. The van der Waals surface area contributed by atoms with E-state index in [0.29, 0.717) is 23.8 Å². The Morgan fingerprint density at radius 2 is 1.88 bits per heavy atom. The summed E-state index contributed by atoms with van der Waals surface area (Å²) in [6, 6.07) is 4.68. The Hall–Kier alpha value is -1.84. The fraction of sp³-hybridized carbons (Fsp3) is 0.471. The van der Waals surface area contributed by atoms with Crippen molar-refractivity contribution in [1.29, 1.82) is 0 Å². The van der Waals surface area contributed by atoms with Crippen molar-refractivity contribution in [2.24, 2.45) is 0 Å². The van der Waals surface area contributed by atoms with E-state index in [1.54, 1.807) is 32.9 Å². The summed E-state index contributed by atoms with van der Waals surface area (Å²) < 4.78 is 27.0. The molecule has 0 radical (unpaired) electrons. The van der Waals surface area contributed by atoms with E-state index in [4.69, 9.17) is 0 Å². The van der Waals surface area contributed by atoms with Gasteiger partial charge in [-0.25, -0.2) is 8.42 Å². The highest BCUT2D eigenvalue weighted by Crippen LogP contribution is 2.23. The van der Waals surface area contributed by atoms with Gasteiger partial charge in [0.1, 0.15) is 5.01 Å². The van der Waals surface area contributed by atoms with Crippen LogP contribution < -0.4 is 5.32 Å². The lowest BCUT2D eigenvalue weighted by atomic mass is 10.1. The third-order valence-electron chi connectivity index (χ3n) is 3.92. The average molecular weight is 397 g/mol. The lowest BCUT2D eigenvalue weighted by molar-refractivity contribution is 0.102. The van der Waals surface area contributed by atoms with Crippen LogP contribution >= 0.6 is 11.3 Å². The highest BCUT2D eigenvalue weighted by Gasteiger charge is 2.25. The van der Waals surface area contributed by atoms with Gasteiger partial charge < -0.3 is 0 Å². The Bertz CT molecular complexity index is 874. The summed E-state index contributed by atoms with van der Waals surface area (Å²) in [5.74, 6) is -0.403. The molecule has 1 N–H and O–H groups in total. The Morgan fingerprint density at radius 1 is 1.19 bits per heavy atom. The van der Waals surface area contributed by atoms with Crippen LogP contribution in [0, 0.1) is 6.92 Å². The number of sulfonamides is 1. The van der Waals surface area contributed by atoms with Crippen LogP contribution in [0.15, 0.2) is 23.1 Å². The van der Waals surface area contributed by atoms with Crippen molar-refractivity contribution < 1.29 is 13.2 Å². The number of amides is 1. The molecule has 2 aromatic rings. The Kier molecular flexibility index (Phi) is 6.85. The van der Waals surface area contributed by atoms with E-state index < -0.39 is 15.9 Å². The number of aromatic nitrogens is 2. The summed E-state index contributed by atoms with van der Waals surface area (Å²) in [4.78, 5) is 12.7. The van der Waals surface area contributed by atoms with E-state index in [0.717, 1.165) is 17.8 Å². The van der Waals surface area contributed by atoms with Crippen LogP contribution in [0.25, 0.3) is 0 Å². The van der Waals surface area contributed by atoms with Gasteiger partial charge >= 0.3 is 0 Å². The van der Waals surface area contributed by atoms with Gasteiger partial charge in [-0.3, -0.25) is 10.1 Å². The van der Waals surface area contributed by atoms with Crippen molar-refractivity contribution in [3.05, 3.63) is 34.3 Å². The zero-order chi connectivity index (χ0) is 19.3. The summed E-state index contributed by atoms with van der Waals surface area (Å²) in [5, 5.41) is 11.9. The zero-order valence-electron chi connectivity index (χ0n) is 15.4. The molecule has 2 rings (SSSR count). The highest BCUT2D eigenvalue weighted by molar-refractivity contribution is 7.89. The number of nitrogens with zero attached hydrogens (tertiary/aromatic N) is 3. The predicted octanol–water partition coefficient (Wildman–Crippen LogP) is 3.08. The number of anilines is 1. The maximum atomic E-state index is 12.8. The Balaban J connectivity index is 2.29. The van der Waals surface area contributed by atoms with Gasteiger partial charge in [-0.2, -0.15) is 4.31 Å². The normalized spacial score (nSPS) is 11.7. The van der Waals surface area contributed by atoms with Gasteiger partial charge in [-0.1, -0.05) is 38.2 Å². The number of nitrogens with one attached hydrogen (secondary N) is 1. The van der Waals surface area contributed by atoms with Crippen LogP contribution in [0.5, 0.6) is 0 Å². The van der Waals surface area contributed by atoms with Crippen LogP contribution in [-0.4, -0.2) is 41.9 Å². The predicted molar refractivity (Wildman–Crippen MR) is 103 cm³/mol. The van der Waals surface area contributed by atoms with Crippen LogP contribution in [0.1, 0.15) is 48.1 Å². The number of hydrogen-bond acceptors (Lipinski definition) is 6. The van der Waals surface area contributed by atoms with E-state index in [1.165, 1.54) is 21.7 Å². The van der Waals surface area contributed by atoms with Crippen molar-refractivity contribution in [3.63, 3.8) is 0 Å². The second kappa shape index (κ2) is 8.70. The molecule has 7 nitrogen and oxygen atoms in total. The number of carbonyl (C=O) groups is 1. The number of benzene rings is 1. The first kappa shape index (κ1) is 20.5. The molecule has 0 fully saturated rings. The third kappa shape index (κ3) is 4.46. The fourth-order valence-corrected chi connectivity index (χ4v) is 5.06. The molecule has 0 unspecified atom stereocenters. The van der Waals surface area contributed by atoms with Crippen molar-refractivity contribution in [2.45, 2.75) is 45.4 Å². The maximum Gasteiger partial charge on any atom is 0.257 e. The highest BCUT2D eigenvalue weighted by atomic mass is 32.2. The van der Waals surface area contributed by atoms with Gasteiger partial charge in [-0.05, 0) is 31.0 Å². The van der Waals surface area contributed by atoms with Gasteiger partial charge in [0.15, 0.2) is 0 Å². The molecular formula is C17H24N4O3S2. The van der Waals surface area contributed by atoms with Crippen molar-refractivity contribution in [2.75, 3.05) is 18.4 Å². The molecule has 9 heteroatoms. The first-order chi connectivity index (χ1) is 12.3. The standard InChI is InChI=1S/C17H24N4O3S2/c1-5-8-15-19-20-17(25-15)18-16(22)13-10-9-12(4)14(11-13)26(23,24)21(6-2)7-3/h9-11H,5-8H2,1-4H3,(H,18,20,22). The van der Waals surface area contributed by atoms with Crippen LogP contribution in [0.4, 0.5) is 5.13 Å². The Labute approximate surface area is 158 Å². The number of hydrogen-bond donors (Lipinski definition) is 1. The molecular weight excluding hydrogens is 372 g/mol. The van der Waals surface area contributed by atoms with E-state index in [2.05, 4.69) is 15.5 Å². The molecule has 1 aromatic heterocycles. The quantitative estimate of drug-likeness (QED) is 0.740. The minimum atomic E-state index is -3.64.